The van der Waals surface area contributed by atoms with Gasteiger partial charge >= 0.3 is 0 Å². The molecule has 1 aromatic rings. The van der Waals surface area contributed by atoms with Crippen molar-refractivity contribution in [2.45, 2.75) is 0 Å². The van der Waals surface area contributed by atoms with Gasteiger partial charge in [0.1, 0.15) is 17.6 Å². The predicted molar refractivity (Wildman–Crippen MR) is 39.0 cm³/mol. The van der Waals surface area contributed by atoms with E-state index in [2.05, 4.69) is 0 Å². The molecule has 0 fully saturated rings. The lowest BCUT2D eigenvalue weighted by Gasteiger charge is -1.94. The lowest BCUT2D eigenvalue weighted by atomic mass is 10.4. The van der Waals surface area contributed by atoms with E-state index in [1.54, 1.807) is 17.7 Å². The normalized spacial score (nSPS) is 9.20. The van der Waals surface area contributed by atoms with Crippen molar-refractivity contribution in [3.05, 3.63) is 11.8 Å². The fourth-order valence-electron chi connectivity index (χ4n) is 0.787. The summed E-state index contributed by atoms with van der Waals surface area (Å²) in [5.74, 6) is 0.508. The molecule has 0 atom stereocenters. The molecule has 0 amide bonds. The zero-order valence-corrected chi connectivity index (χ0v) is 5.63. The molecular formula is C6H8N4. The molecule has 0 bridgehead atoms. The molecule has 1 aromatic heterocycles. The highest BCUT2D eigenvalue weighted by Gasteiger charge is 2.05. The number of hydrogen-bond donors (Lipinski definition) is 2. The van der Waals surface area contributed by atoms with Crippen molar-refractivity contribution in [2.24, 2.45) is 7.05 Å². The summed E-state index contributed by atoms with van der Waals surface area (Å²) in [6.07, 6.45) is 0. The third-order valence-corrected chi connectivity index (χ3v) is 1.41. The molecule has 4 heteroatoms. The van der Waals surface area contributed by atoms with Crippen LogP contribution in [-0.4, -0.2) is 4.57 Å². The van der Waals surface area contributed by atoms with E-state index in [1.165, 1.54) is 0 Å². The Balaban J connectivity index is 3.37. The van der Waals surface area contributed by atoms with Crippen molar-refractivity contribution in [1.82, 2.24) is 4.57 Å². The first kappa shape index (κ1) is 6.49. The fraction of sp³-hybridized carbons (Fsp3) is 0.167. The minimum absolute atomic E-state index is 0.414. The highest BCUT2D eigenvalue weighted by Crippen LogP contribution is 2.16. The Morgan fingerprint density at radius 2 is 2.20 bits per heavy atom. The van der Waals surface area contributed by atoms with E-state index in [4.69, 9.17) is 16.7 Å². The lowest BCUT2D eigenvalue weighted by Crippen LogP contribution is -1.98. The maximum Gasteiger partial charge on any atom is 0.144 e. The Morgan fingerprint density at radius 3 is 2.40 bits per heavy atom. The van der Waals surface area contributed by atoms with Crippen molar-refractivity contribution in [2.75, 3.05) is 11.5 Å². The van der Waals surface area contributed by atoms with Crippen LogP contribution in [0.3, 0.4) is 0 Å². The summed E-state index contributed by atoms with van der Waals surface area (Å²) in [6, 6.07) is 3.51. The average molecular weight is 136 g/mol. The Morgan fingerprint density at radius 1 is 1.60 bits per heavy atom. The van der Waals surface area contributed by atoms with Gasteiger partial charge in [-0.3, -0.25) is 0 Å². The van der Waals surface area contributed by atoms with Gasteiger partial charge in [0.15, 0.2) is 0 Å². The van der Waals surface area contributed by atoms with Crippen LogP contribution in [0.15, 0.2) is 6.07 Å². The first-order valence-electron chi connectivity index (χ1n) is 2.77. The van der Waals surface area contributed by atoms with Crippen molar-refractivity contribution in [3.8, 4) is 6.07 Å². The summed E-state index contributed by atoms with van der Waals surface area (Å²) >= 11 is 0. The smallest absolute Gasteiger partial charge is 0.144 e. The Bertz CT molecular complexity index is 291. The number of anilines is 2. The van der Waals surface area contributed by atoms with Gasteiger partial charge in [-0.1, -0.05) is 0 Å². The van der Waals surface area contributed by atoms with Crippen LogP contribution in [0.2, 0.25) is 0 Å². The molecule has 52 valence electrons. The van der Waals surface area contributed by atoms with E-state index < -0.39 is 0 Å². The molecular weight excluding hydrogens is 128 g/mol. The Labute approximate surface area is 58.7 Å². The van der Waals surface area contributed by atoms with Gasteiger partial charge in [-0.05, 0) is 0 Å². The second kappa shape index (κ2) is 1.95. The molecule has 0 saturated carbocycles. The SMILES string of the molecule is Cn1c(N)cc(N)c1C#N. The van der Waals surface area contributed by atoms with Gasteiger partial charge in [-0.2, -0.15) is 5.26 Å². The molecule has 1 rings (SSSR count). The van der Waals surface area contributed by atoms with Gasteiger partial charge in [0, 0.05) is 13.1 Å². The largest absolute Gasteiger partial charge is 0.396 e. The van der Waals surface area contributed by atoms with E-state index in [0.717, 1.165) is 0 Å². The number of rotatable bonds is 0. The predicted octanol–water partition coefficient (Wildman–Crippen LogP) is 0.0612. The molecule has 1 heterocycles. The number of hydrogen-bond acceptors (Lipinski definition) is 3. The second-order valence-electron chi connectivity index (χ2n) is 2.04. The number of nitrogen functional groups attached to an aromatic ring is 2. The van der Waals surface area contributed by atoms with E-state index in [0.29, 0.717) is 17.2 Å². The maximum absolute atomic E-state index is 8.51. The van der Waals surface area contributed by atoms with Gasteiger partial charge in [0.05, 0.1) is 5.69 Å². The summed E-state index contributed by atoms with van der Waals surface area (Å²) in [4.78, 5) is 0. The van der Waals surface area contributed by atoms with Gasteiger partial charge in [0.25, 0.3) is 0 Å². The van der Waals surface area contributed by atoms with Crippen LogP contribution in [0.4, 0.5) is 11.5 Å². The van der Waals surface area contributed by atoms with Crippen LogP contribution in [0, 0.1) is 11.3 Å². The average Bonchev–Trinajstić information content (AvgIpc) is 2.09. The molecule has 0 aromatic carbocycles. The quantitative estimate of drug-likeness (QED) is 0.529. The van der Waals surface area contributed by atoms with E-state index in [1.807, 2.05) is 6.07 Å². The fourth-order valence-corrected chi connectivity index (χ4v) is 0.787. The molecule has 0 aliphatic rings. The number of nitrogens with two attached hydrogens (primary N) is 2. The van der Waals surface area contributed by atoms with Crippen LogP contribution in [0.5, 0.6) is 0 Å². The number of nitriles is 1. The molecule has 4 nitrogen and oxygen atoms in total. The third-order valence-electron chi connectivity index (χ3n) is 1.41. The summed E-state index contributed by atoms with van der Waals surface area (Å²) in [6.45, 7) is 0. The van der Waals surface area contributed by atoms with Crippen LogP contribution in [0.1, 0.15) is 5.69 Å². The number of aromatic nitrogens is 1. The van der Waals surface area contributed by atoms with Crippen LogP contribution in [-0.2, 0) is 7.05 Å². The van der Waals surface area contributed by atoms with Crippen molar-refractivity contribution in [3.63, 3.8) is 0 Å². The van der Waals surface area contributed by atoms with Gasteiger partial charge in [-0.25, -0.2) is 0 Å². The maximum atomic E-state index is 8.51. The highest BCUT2D eigenvalue weighted by atomic mass is 15.0. The van der Waals surface area contributed by atoms with Gasteiger partial charge in [0.2, 0.25) is 0 Å². The van der Waals surface area contributed by atoms with Crippen LogP contribution < -0.4 is 11.5 Å². The first-order chi connectivity index (χ1) is 4.66. The second-order valence-corrected chi connectivity index (χ2v) is 2.04. The van der Waals surface area contributed by atoms with E-state index in [-0.39, 0.29) is 0 Å². The van der Waals surface area contributed by atoms with E-state index >= 15 is 0 Å². The standard InChI is InChI=1S/C6H8N4/c1-10-5(3-7)4(8)2-6(10)9/h2H,8-9H2,1H3. The molecule has 0 radical (unpaired) electrons. The van der Waals surface area contributed by atoms with Crippen molar-refractivity contribution in [1.29, 1.82) is 5.26 Å². The molecule has 0 aliphatic heterocycles. The van der Waals surface area contributed by atoms with Crippen molar-refractivity contribution < 1.29 is 0 Å². The topological polar surface area (TPSA) is 80.8 Å². The van der Waals surface area contributed by atoms with Crippen LogP contribution in [0.25, 0.3) is 0 Å². The molecule has 0 spiro atoms. The lowest BCUT2D eigenvalue weighted by molar-refractivity contribution is 0.922. The summed E-state index contributed by atoms with van der Waals surface area (Å²) in [7, 11) is 1.70. The monoisotopic (exact) mass is 136 g/mol. The minimum Gasteiger partial charge on any atom is -0.396 e. The molecule has 0 saturated heterocycles. The van der Waals surface area contributed by atoms with Crippen molar-refractivity contribution >= 4 is 11.5 Å². The third kappa shape index (κ3) is 0.685. The zero-order chi connectivity index (χ0) is 7.72. The summed E-state index contributed by atoms with van der Waals surface area (Å²) in [5, 5.41) is 8.51. The zero-order valence-electron chi connectivity index (χ0n) is 5.63. The molecule has 4 N–H and O–H groups in total. The Kier molecular flexibility index (Phi) is 1.27. The Hall–Kier alpha value is -1.63. The molecule has 0 unspecified atom stereocenters. The minimum atomic E-state index is 0.414. The molecule has 10 heavy (non-hydrogen) atoms. The highest BCUT2D eigenvalue weighted by molar-refractivity contribution is 5.59. The molecule has 0 aliphatic carbocycles. The van der Waals surface area contributed by atoms with Gasteiger partial charge < -0.3 is 16.0 Å². The number of nitrogens with zero attached hydrogens (tertiary/aromatic N) is 2. The summed E-state index contributed by atoms with van der Waals surface area (Å²) in [5.41, 5.74) is 11.7. The van der Waals surface area contributed by atoms with Gasteiger partial charge in [-0.15, -0.1) is 0 Å². The van der Waals surface area contributed by atoms with E-state index in [9.17, 15) is 0 Å². The summed E-state index contributed by atoms with van der Waals surface area (Å²) < 4.78 is 1.55. The van der Waals surface area contributed by atoms with Crippen LogP contribution >= 0.6 is 0 Å². The first-order valence-corrected chi connectivity index (χ1v) is 2.77.